The van der Waals surface area contributed by atoms with Crippen LogP contribution < -0.4 is 5.32 Å². The van der Waals surface area contributed by atoms with Crippen LogP contribution in [0.5, 0.6) is 0 Å². The molecule has 11 heteroatoms. The molecule has 32 heavy (non-hydrogen) atoms. The second-order valence-corrected chi connectivity index (χ2v) is 10.8. The molecule has 166 valence electrons. The number of nitrogens with zero attached hydrogens (tertiary/aromatic N) is 5. The van der Waals surface area contributed by atoms with Gasteiger partial charge in [0.15, 0.2) is 0 Å². The largest absolute Gasteiger partial charge is 0.324 e. The van der Waals surface area contributed by atoms with Gasteiger partial charge in [-0.15, -0.1) is 10.2 Å². The zero-order chi connectivity index (χ0) is 23.0. The number of rotatable bonds is 3. The van der Waals surface area contributed by atoms with Crippen LogP contribution in [-0.2, 0) is 0 Å². The highest BCUT2D eigenvalue weighted by molar-refractivity contribution is 8.14. The summed E-state index contributed by atoms with van der Waals surface area (Å²) in [5, 5.41) is 21.3. The van der Waals surface area contributed by atoms with Crippen molar-refractivity contribution in [3.8, 4) is 0 Å². The van der Waals surface area contributed by atoms with Crippen LogP contribution in [0.25, 0.3) is 0 Å². The quantitative estimate of drug-likeness (QED) is 0.217. The lowest BCUT2D eigenvalue weighted by atomic mass is 10.1. The Kier molecular flexibility index (Phi) is 6.97. The first-order chi connectivity index (χ1) is 15.2. The zero-order valence-electron chi connectivity index (χ0n) is 17.7. The molecule has 1 aromatic heterocycles. The van der Waals surface area contributed by atoms with Gasteiger partial charge in [-0.05, 0) is 68.7 Å². The number of aromatic nitrogens is 2. The van der Waals surface area contributed by atoms with Crippen LogP contribution in [0.4, 0.5) is 10.8 Å². The summed E-state index contributed by atoms with van der Waals surface area (Å²) in [6, 6.07) is 9.75. The maximum absolute atomic E-state index is 6.31. The maximum Gasteiger partial charge on any atom is 0.234 e. The Morgan fingerprint density at radius 3 is 2.34 bits per heavy atom. The number of thioether (sulfide) groups is 1. The summed E-state index contributed by atoms with van der Waals surface area (Å²) in [5.41, 5.74) is 4.13. The van der Waals surface area contributed by atoms with Crippen LogP contribution >= 0.6 is 57.9 Å². The molecule has 1 aliphatic heterocycles. The standard InChI is InChI=1S/C21H19Cl3N6S2/c1-10-5-6-15(7-11(10)2)25-20(26-21-28-27-12(3)32-21)30-19(31-13(4)29-30)14-8-16(22)18(24)17(23)9-14/h5-9,19H,1-4H3,(H,25,26,28). The Bertz CT molecular complexity index is 1220. The van der Waals surface area contributed by atoms with E-state index in [4.69, 9.17) is 44.9 Å². The van der Waals surface area contributed by atoms with Crippen LogP contribution in [0, 0.1) is 20.8 Å². The Hall–Kier alpha value is -1.84. The SMILES string of the molecule is CC1=NN(/C(=N/c2nnc(C)s2)Nc2ccc(C)c(C)c2)C(c2cc(Cl)c(Cl)c(Cl)c2)S1. The average Bonchev–Trinajstić information content (AvgIpc) is 3.33. The van der Waals surface area contributed by atoms with Crippen molar-refractivity contribution in [1.82, 2.24) is 15.2 Å². The summed E-state index contributed by atoms with van der Waals surface area (Å²) in [4.78, 5) is 4.75. The van der Waals surface area contributed by atoms with E-state index in [0.29, 0.717) is 26.2 Å². The second kappa shape index (κ2) is 9.57. The predicted molar refractivity (Wildman–Crippen MR) is 138 cm³/mol. The molecule has 6 nitrogen and oxygen atoms in total. The van der Waals surface area contributed by atoms with Gasteiger partial charge in [0.25, 0.3) is 0 Å². The van der Waals surface area contributed by atoms with Crippen LogP contribution in [0.15, 0.2) is 40.4 Å². The van der Waals surface area contributed by atoms with Gasteiger partial charge in [0.1, 0.15) is 10.4 Å². The lowest BCUT2D eigenvalue weighted by Gasteiger charge is -2.25. The van der Waals surface area contributed by atoms with E-state index in [-0.39, 0.29) is 5.37 Å². The number of guanidine groups is 1. The Balaban J connectivity index is 1.77. The van der Waals surface area contributed by atoms with E-state index < -0.39 is 0 Å². The number of benzene rings is 2. The average molecular weight is 526 g/mol. The highest BCUT2D eigenvalue weighted by atomic mass is 35.5. The normalized spacial score (nSPS) is 16.5. The van der Waals surface area contributed by atoms with Gasteiger partial charge in [-0.25, -0.2) is 5.01 Å². The van der Waals surface area contributed by atoms with E-state index in [1.807, 2.05) is 24.9 Å². The van der Waals surface area contributed by atoms with Gasteiger partial charge in [0.2, 0.25) is 11.1 Å². The number of aryl methyl sites for hydroxylation is 3. The molecule has 1 unspecified atom stereocenters. The van der Waals surface area contributed by atoms with Gasteiger partial charge in [-0.3, -0.25) is 0 Å². The molecule has 2 aromatic carbocycles. The molecule has 3 aromatic rings. The smallest absolute Gasteiger partial charge is 0.234 e. The lowest BCUT2D eigenvalue weighted by Crippen LogP contribution is -2.32. The third kappa shape index (κ3) is 5.05. The summed E-state index contributed by atoms with van der Waals surface area (Å²) in [5.74, 6) is 0.515. The van der Waals surface area contributed by atoms with Crippen LogP contribution in [0.2, 0.25) is 15.1 Å². The number of hydrazone groups is 1. The van der Waals surface area contributed by atoms with Crippen LogP contribution in [0.3, 0.4) is 0 Å². The number of aliphatic imine (C=N–C) groups is 1. The lowest BCUT2D eigenvalue weighted by molar-refractivity contribution is 0.438. The van der Waals surface area contributed by atoms with Crippen molar-refractivity contribution in [2.24, 2.45) is 10.1 Å². The van der Waals surface area contributed by atoms with Crippen molar-refractivity contribution >= 4 is 79.7 Å². The maximum atomic E-state index is 6.31. The van der Waals surface area contributed by atoms with Crippen molar-refractivity contribution in [2.75, 3.05) is 5.32 Å². The summed E-state index contributed by atoms with van der Waals surface area (Å²) in [7, 11) is 0. The molecular formula is C21H19Cl3N6S2. The first kappa shape index (κ1) is 23.3. The Morgan fingerprint density at radius 1 is 1.00 bits per heavy atom. The van der Waals surface area contributed by atoms with E-state index in [1.54, 1.807) is 23.9 Å². The fraction of sp³-hybridized carbons (Fsp3) is 0.238. The predicted octanol–water partition coefficient (Wildman–Crippen LogP) is 7.60. The second-order valence-electron chi connectivity index (χ2n) is 7.20. The van der Waals surface area contributed by atoms with Gasteiger partial charge >= 0.3 is 0 Å². The molecule has 0 spiro atoms. The molecule has 2 heterocycles. The number of anilines is 1. The Labute approximate surface area is 209 Å². The molecule has 1 N–H and O–H groups in total. The first-order valence-electron chi connectivity index (χ1n) is 9.60. The summed E-state index contributed by atoms with van der Waals surface area (Å²) < 4.78 is 0. The zero-order valence-corrected chi connectivity index (χ0v) is 21.6. The van der Waals surface area contributed by atoms with E-state index in [9.17, 15) is 0 Å². The fourth-order valence-corrected chi connectivity index (χ4v) is 5.18. The van der Waals surface area contributed by atoms with E-state index in [2.05, 4.69) is 41.5 Å². The monoisotopic (exact) mass is 524 g/mol. The fourth-order valence-electron chi connectivity index (χ4n) is 3.03. The van der Waals surface area contributed by atoms with E-state index >= 15 is 0 Å². The minimum absolute atomic E-state index is 0.242. The summed E-state index contributed by atoms with van der Waals surface area (Å²) >= 11 is 21.8. The minimum atomic E-state index is -0.242. The third-order valence-corrected chi connectivity index (χ3v) is 7.79. The number of nitrogens with one attached hydrogen (secondary N) is 1. The van der Waals surface area contributed by atoms with Gasteiger partial charge in [0.05, 0.1) is 20.1 Å². The van der Waals surface area contributed by atoms with Crippen molar-refractivity contribution in [3.05, 3.63) is 67.1 Å². The molecule has 0 saturated heterocycles. The van der Waals surface area contributed by atoms with Crippen molar-refractivity contribution in [1.29, 1.82) is 0 Å². The molecule has 0 fully saturated rings. The van der Waals surface area contributed by atoms with Crippen LogP contribution in [-0.4, -0.2) is 26.2 Å². The molecule has 0 amide bonds. The molecule has 1 aliphatic rings. The molecule has 1 atom stereocenters. The topological polar surface area (TPSA) is 65.8 Å². The van der Waals surface area contributed by atoms with Gasteiger partial charge < -0.3 is 5.32 Å². The van der Waals surface area contributed by atoms with Gasteiger partial charge in [-0.1, -0.05) is 64.0 Å². The van der Waals surface area contributed by atoms with E-state index in [0.717, 1.165) is 21.3 Å². The molecule has 0 saturated carbocycles. The Morgan fingerprint density at radius 2 is 1.72 bits per heavy atom. The first-order valence-corrected chi connectivity index (χ1v) is 12.4. The number of hydrogen-bond donors (Lipinski definition) is 1. The minimum Gasteiger partial charge on any atom is -0.324 e. The molecule has 0 aliphatic carbocycles. The van der Waals surface area contributed by atoms with Gasteiger partial charge in [0, 0.05) is 5.69 Å². The summed E-state index contributed by atoms with van der Waals surface area (Å²) in [6.07, 6.45) is 0. The third-order valence-electron chi connectivity index (χ3n) is 4.74. The molecular weight excluding hydrogens is 507 g/mol. The number of hydrogen-bond acceptors (Lipinski definition) is 6. The highest BCUT2D eigenvalue weighted by Crippen LogP contribution is 2.43. The van der Waals surface area contributed by atoms with Crippen LogP contribution in [0.1, 0.15) is 34.0 Å². The van der Waals surface area contributed by atoms with Crippen molar-refractivity contribution in [3.63, 3.8) is 0 Å². The molecule has 0 bridgehead atoms. The molecule has 0 radical (unpaired) electrons. The van der Waals surface area contributed by atoms with E-state index in [1.165, 1.54) is 22.5 Å². The summed E-state index contributed by atoms with van der Waals surface area (Å²) in [6.45, 7) is 7.98. The van der Waals surface area contributed by atoms with Crippen molar-refractivity contribution < 1.29 is 0 Å². The molecule has 4 rings (SSSR count). The van der Waals surface area contributed by atoms with Crippen molar-refractivity contribution in [2.45, 2.75) is 33.1 Å². The van der Waals surface area contributed by atoms with Gasteiger partial charge in [-0.2, -0.15) is 10.1 Å². The highest BCUT2D eigenvalue weighted by Gasteiger charge is 2.32. The number of halogens is 3.